The van der Waals surface area contributed by atoms with Crippen molar-refractivity contribution in [2.75, 3.05) is 7.11 Å². The Bertz CT molecular complexity index is 804. The number of rotatable bonds is 2. The highest BCUT2D eigenvalue weighted by atomic mass is 127. The molecule has 3 aromatic rings. The van der Waals surface area contributed by atoms with Gasteiger partial charge in [0.05, 0.1) is 12.7 Å². The number of carboxylic acid groups (broad SMARTS) is 1. The first-order valence-corrected chi connectivity index (χ1v) is 6.61. The molecule has 96 valence electrons. The number of halogens is 1. The summed E-state index contributed by atoms with van der Waals surface area (Å²) in [6.07, 6.45) is 0. The van der Waals surface area contributed by atoms with E-state index in [9.17, 15) is 9.90 Å². The molecule has 0 aliphatic rings. The molecule has 0 fully saturated rings. The number of fused-ring (bicyclic) bond motifs is 3. The third-order valence-corrected chi connectivity index (χ3v) is 3.67. The lowest BCUT2D eigenvalue weighted by molar-refractivity contribution is 0.0699. The van der Waals surface area contributed by atoms with Crippen LogP contribution in [0.1, 0.15) is 10.4 Å². The topological polar surface area (TPSA) is 59.7 Å². The minimum absolute atomic E-state index is 0.219. The third-order valence-electron chi connectivity index (χ3n) is 2.99. The van der Waals surface area contributed by atoms with Crippen molar-refractivity contribution in [2.45, 2.75) is 0 Å². The smallest absolute Gasteiger partial charge is 0.336 e. The monoisotopic (exact) mass is 368 g/mol. The van der Waals surface area contributed by atoms with Gasteiger partial charge in [0.1, 0.15) is 5.58 Å². The summed E-state index contributed by atoms with van der Waals surface area (Å²) in [4.78, 5) is 11.4. The van der Waals surface area contributed by atoms with Crippen LogP contribution in [-0.2, 0) is 0 Å². The normalized spacial score (nSPS) is 11.1. The van der Waals surface area contributed by atoms with E-state index >= 15 is 0 Å². The van der Waals surface area contributed by atoms with Crippen LogP contribution in [0.4, 0.5) is 0 Å². The molecule has 0 bridgehead atoms. The van der Waals surface area contributed by atoms with E-state index in [2.05, 4.69) is 22.6 Å². The van der Waals surface area contributed by atoms with Crippen LogP contribution in [0.3, 0.4) is 0 Å². The molecule has 1 aromatic heterocycles. The molecule has 0 spiro atoms. The molecule has 0 amide bonds. The summed E-state index contributed by atoms with van der Waals surface area (Å²) in [7, 11) is 1.53. The van der Waals surface area contributed by atoms with Gasteiger partial charge in [-0.15, -0.1) is 0 Å². The lowest BCUT2D eigenvalue weighted by Gasteiger charge is -2.02. The van der Waals surface area contributed by atoms with E-state index in [0.717, 1.165) is 8.96 Å². The van der Waals surface area contributed by atoms with Crippen molar-refractivity contribution in [1.29, 1.82) is 0 Å². The van der Waals surface area contributed by atoms with Crippen LogP contribution in [0.25, 0.3) is 21.9 Å². The van der Waals surface area contributed by atoms with Crippen LogP contribution in [-0.4, -0.2) is 18.2 Å². The van der Waals surface area contributed by atoms with Crippen molar-refractivity contribution in [1.82, 2.24) is 0 Å². The van der Waals surface area contributed by atoms with E-state index in [1.165, 1.54) is 7.11 Å². The maximum absolute atomic E-state index is 11.4. The zero-order valence-electron chi connectivity index (χ0n) is 9.94. The van der Waals surface area contributed by atoms with E-state index in [-0.39, 0.29) is 5.56 Å². The number of hydrogen-bond donors (Lipinski definition) is 1. The van der Waals surface area contributed by atoms with Gasteiger partial charge in [-0.3, -0.25) is 0 Å². The minimum Gasteiger partial charge on any atom is -0.493 e. The molecule has 19 heavy (non-hydrogen) atoms. The van der Waals surface area contributed by atoms with Gasteiger partial charge in [0.25, 0.3) is 0 Å². The van der Waals surface area contributed by atoms with Gasteiger partial charge in [-0.1, -0.05) is 0 Å². The Labute approximate surface area is 122 Å². The summed E-state index contributed by atoms with van der Waals surface area (Å²) in [5, 5.41) is 10.7. The molecule has 0 atom stereocenters. The van der Waals surface area contributed by atoms with Gasteiger partial charge in [-0.25, -0.2) is 4.79 Å². The molecule has 1 N–H and O–H groups in total. The average Bonchev–Trinajstić information content (AvgIpc) is 2.76. The van der Waals surface area contributed by atoms with Crippen LogP contribution in [0.2, 0.25) is 0 Å². The summed E-state index contributed by atoms with van der Waals surface area (Å²) >= 11 is 2.18. The van der Waals surface area contributed by atoms with Crippen molar-refractivity contribution in [3.05, 3.63) is 39.5 Å². The number of ether oxygens (including phenoxy) is 1. The molecule has 4 nitrogen and oxygen atoms in total. The van der Waals surface area contributed by atoms with E-state index in [4.69, 9.17) is 9.15 Å². The van der Waals surface area contributed by atoms with Crippen molar-refractivity contribution in [3.8, 4) is 5.75 Å². The van der Waals surface area contributed by atoms with Gasteiger partial charge in [0.15, 0.2) is 11.3 Å². The molecule has 1 heterocycles. The van der Waals surface area contributed by atoms with Crippen molar-refractivity contribution in [3.63, 3.8) is 0 Å². The summed E-state index contributed by atoms with van der Waals surface area (Å²) < 4.78 is 12.0. The summed E-state index contributed by atoms with van der Waals surface area (Å²) in [6, 6.07) is 8.81. The van der Waals surface area contributed by atoms with Crippen LogP contribution in [0.5, 0.6) is 5.75 Å². The Kier molecular flexibility index (Phi) is 2.85. The molecular weight excluding hydrogens is 359 g/mol. The molecule has 0 radical (unpaired) electrons. The second-order valence-electron chi connectivity index (χ2n) is 4.07. The summed E-state index contributed by atoms with van der Waals surface area (Å²) in [6.45, 7) is 0. The third kappa shape index (κ3) is 1.85. The average molecular weight is 368 g/mol. The Morgan fingerprint density at radius 3 is 2.79 bits per heavy atom. The lowest BCUT2D eigenvalue weighted by Crippen LogP contribution is -1.97. The Morgan fingerprint density at radius 1 is 1.32 bits per heavy atom. The van der Waals surface area contributed by atoms with Gasteiger partial charge < -0.3 is 14.3 Å². The SMILES string of the molecule is COc1ccc(C(=O)O)c2c1oc1ccc(I)cc12. The zero-order valence-corrected chi connectivity index (χ0v) is 12.1. The fourth-order valence-corrected chi connectivity index (χ4v) is 2.66. The predicted molar refractivity (Wildman–Crippen MR) is 79.9 cm³/mol. The zero-order chi connectivity index (χ0) is 13.6. The Hall–Kier alpha value is -1.76. The number of carbonyl (C=O) groups is 1. The van der Waals surface area contributed by atoms with Gasteiger partial charge in [0, 0.05) is 14.3 Å². The molecule has 0 saturated carbocycles. The number of aromatic carboxylic acids is 1. The largest absolute Gasteiger partial charge is 0.493 e. The number of furan rings is 1. The number of benzene rings is 2. The maximum atomic E-state index is 11.4. The van der Waals surface area contributed by atoms with Crippen LogP contribution in [0.15, 0.2) is 34.7 Å². The van der Waals surface area contributed by atoms with Gasteiger partial charge in [-0.05, 0) is 52.9 Å². The summed E-state index contributed by atoms with van der Waals surface area (Å²) in [5.74, 6) is -0.444. The number of methoxy groups -OCH3 is 1. The molecule has 5 heteroatoms. The first-order chi connectivity index (χ1) is 9.11. The molecule has 2 aromatic carbocycles. The predicted octanol–water partition coefficient (Wildman–Crippen LogP) is 3.90. The second-order valence-corrected chi connectivity index (χ2v) is 5.31. The van der Waals surface area contributed by atoms with Gasteiger partial charge in [-0.2, -0.15) is 0 Å². The highest BCUT2D eigenvalue weighted by Crippen LogP contribution is 2.37. The number of carboxylic acids is 1. The molecule has 3 rings (SSSR count). The lowest BCUT2D eigenvalue weighted by atomic mass is 10.1. The van der Waals surface area contributed by atoms with Crippen molar-refractivity contribution >= 4 is 50.5 Å². The standard InChI is InChI=1S/C14H9IO4/c1-18-11-5-3-8(14(16)17)12-9-6-7(15)2-4-10(9)19-13(11)12/h2-6H,1H3,(H,16,17). The Morgan fingerprint density at radius 2 is 2.11 bits per heavy atom. The summed E-state index contributed by atoms with van der Waals surface area (Å²) in [5.41, 5.74) is 1.35. The van der Waals surface area contributed by atoms with Crippen LogP contribution < -0.4 is 4.74 Å². The van der Waals surface area contributed by atoms with Gasteiger partial charge >= 0.3 is 5.97 Å². The van der Waals surface area contributed by atoms with Gasteiger partial charge in [0.2, 0.25) is 0 Å². The molecule has 0 saturated heterocycles. The first-order valence-electron chi connectivity index (χ1n) is 5.54. The first kappa shape index (κ1) is 12.3. The van der Waals surface area contributed by atoms with Crippen LogP contribution >= 0.6 is 22.6 Å². The van der Waals surface area contributed by atoms with Crippen molar-refractivity contribution in [2.24, 2.45) is 0 Å². The van der Waals surface area contributed by atoms with Crippen molar-refractivity contribution < 1.29 is 19.1 Å². The van der Waals surface area contributed by atoms with E-state index in [1.54, 1.807) is 12.1 Å². The van der Waals surface area contributed by atoms with Crippen LogP contribution in [0, 0.1) is 3.57 Å². The second kappa shape index (κ2) is 4.41. The molecule has 0 unspecified atom stereocenters. The molecular formula is C14H9IO4. The highest BCUT2D eigenvalue weighted by molar-refractivity contribution is 14.1. The fourth-order valence-electron chi connectivity index (χ4n) is 2.17. The van der Waals surface area contributed by atoms with E-state index in [0.29, 0.717) is 22.3 Å². The molecule has 0 aliphatic carbocycles. The fraction of sp³-hybridized carbons (Fsp3) is 0.0714. The highest BCUT2D eigenvalue weighted by Gasteiger charge is 2.19. The quantitative estimate of drug-likeness (QED) is 0.698. The Balaban J connectivity index is 2.55. The maximum Gasteiger partial charge on any atom is 0.336 e. The minimum atomic E-state index is -0.978. The van der Waals surface area contributed by atoms with E-state index in [1.807, 2.05) is 18.2 Å². The van der Waals surface area contributed by atoms with E-state index < -0.39 is 5.97 Å². The molecule has 0 aliphatic heterocycles. The number of hydrogen-bond acceptors (Lipinski definition) is 3.